The molecular formula is C15H20N2O5. The zero-order valence-electron chi connectivity index (χ0n) is 12.6. The number of carboxylic acids is 1. The van der Waals surface area contributed by atoms with Crippen LogP contribution in [0, 0.1) is 0 Å². The predicted molar refractivity (Wildman–Crippen MR) is 78.0 cm³/mol. The minimum atomic E-state index is -1.14. The molecule has 3 atom stereocenters. The summed E-state index contributed by atoms with van der Waals surface area (Å²) in [7, 11) is 1.45. The molecule has 2 rings (SSSR count). The Morgan fingerprint density at radius 2 is 2.23 bits per heavy atom. The lowest BCUT2D eigenvalue weighted by Crippen LogP contribution is -2.58. The number of nitrogens with zero attached hydrogens (tertiary/aromatic N) is 1. The molecule has 1 fully saturated rings. The number of hydrogen-bond donors (Lipinski definition) is 2. The second-order valence-electron chi connectivity index (χ2n) is 5.39. The van der Waals surface area contributed by atoms with Gasteiger partial charge in [-0.15, -0.1) is 0 Å². The van der Waals surface area contributed by atoms with Crippen molar-refractivity contribution in [2.75, 3.05) is 13.8 Å². The van der Waals surface area contributed by atoms with Gasteiger partial charge in [-0.3, -0.25) is 14.9 Å². The molecule has 0 bridgehead atoms. The highest BCUT2D eigenvalue weighted by atomic mass is 16.5. The number of rotatable bonds is 6. The molecule has 0 aromatic rings. The number of ether oxygens (including phenoxy) is 1. The maximum atomic E-state index is 12.0. The highest BCUT2D eigenvalue weighted by molar-refractivity contribution is 5.89. The van der Waals surface area contributed by atoms with Crippen molar-refractivity contribution in [3.05, 3.63) is 24.3 Å². The summed E-state index contributed by atoms with van der Waals surface area (Å²) < 4.78 is 5.40. The van der Waals surface area contributed by atoms with Crippen LogP contribution in [-0.2, 0) is 19.1 Å². The highest BCUT2D eigenvalue weighted by Crippen LogP contribution is 2.24. The Kier molecular flexibility index (Phi) is 4.77. The van der Waals surface area contributed by atoms with Gasteiger partial charge in [0.2, 0.25) is 5.91 Å². The third-order valence-electron chi connectivity index (χ3n) is 4.20. The monoisotopic (exact) mass is 308 g/mol. The molecule has 3 unspecified atom stereocenters. The highest BCUT2D eigenvalue weighted by Gasteiger charge is 2.42. The van der Waals surface area contributed by atoms with E-state index in [9.17, 15) is 14.4 Å². The van der Waals surface area contributed by atoms with Gasteiger partial charge in [0, 0.05) is 13.5 Å². The summed E-state index contributed by atoms with van der Waals surface area (Å²) in [6.07, 6.45) is 7.46. The molecule has 1 heterocycles. The van der Waals surface area contributed by atoms with Gasteiger partial charge in [-0.1, -0.05) is 18.2 Å². The van der Waals surface area contributed by atoms with Crippen LogP contribution in [0.25, 0.3) is 0 Å². The van der Waals surface area contributed by atoms with Crippen molar-refractivity contribution < 1.29 is 24.2 Å². The SMILES string of the molecule is COC1(C(C)=O)C=CC=CC1NCN1C(=O)CCC1C(=O)O. The lowest BCUT2D eigenvalue weighted by molar-refractivity contribution is -0.147. The number of Topliss-reactive ketones (excluding diaryl/α,β-unsaturated/α-hetero) is 1. The Labute approximate surface area is 128 Å². The summed E-state index contributed by atoms with van der Waals surface area (Å²) in [5.41, 5.74) is -1.14. The second kappa shape index (κ2) is 6.41. The van der Waals surface area contributed by atoms with E-state index in [1.54, 1.807) is 24.3 Å². The standard InChI is InChI=1S/C15H20N2O5/c1-10(18)15(22-2)8-4-3-5-12(15)16-9-17-11(14(20)21)6-7-13(17)19/h3-5,8,11-12,16H,6-7,9H2,1-2H3,(H,20,21). The number of ketones is 1. The fourth-order valence-corrected chi connectivity index (χ4v) is 2.90. The topological polar surface area (TPSA) is 95.9 Å². The van der Waals surface area contributed by atoms with Crippen LogP contribution < -0.4 is 5.32 Å². The van der Waals surface area contributed by atoms with Crippen LogP contribution in [0.1, 0.15) is 19.8 Å². The predicted octanol–water partition coefficient (Wildman–Crippen LogP) is 0.0779. The molecule has 120 valence electrons. The maximum Gasteiger partial charge on any atom is 0.326 e. The van der Waals surface area contributed by atoms with Crippen LogP contribution in [0.3, 0.4) is 0 Å². The second-order valence-corrected chi connectivity index (χ2v) is 5.39. The van der Waals surface area contributed by atoms with Gasteiger partial charge >= 0.3 is 5.97 Å². The van der Waals surface area contributed by atoms with Crippen molar-refractivity contribution in [2.24, 2.45) is 0 Å². The average molecular weight is 308 g/mol. The quantitative estimate of drug-likeness (QED) is 0.721. The van der Waals surface area contributed by atoms with Crippen LogP contribution >= 0.6 is 0 Å². The molecule has 0 radical (unpaired) electrons. The molecule has 7 heteroatoms. The molecule has 1 saturated heterocycles. The van der Waals surface area contributed by atoms with Gasteiger partial charge in [0.1, 0.15) is 6.04 Å². The van der Waals surface area contributed by atoms with Crippen molar-refractivity contribution in [3.63, 3.8) is 0 Å². The fourth-order valence-electron chi connectivity index (χ4n) is 2.90. The molecule has 1 amide bonds. The molecule has 0 aromatic carbocycles. The van der Waals surface area contributed by atoms with Gasteiger partial charge in [0.15, 0.2) is 11.4 Å². The first-order valence-corrected chi connectivity index (χ1v) is 7.10. The van der Waals surface area contributed by atoms with Gasteiger partial charge in [-0.2, -0.15) is 0 Å². The Hall–Kier alpha value is -1.99. The summed E-state index contributed by atoms with van der Waals surface area (Å²) in [5, 5.41) is 12.2. The Bertz CT molecular complexity index is 542. The number of methoxy groups -OCH3 is 1. The number of likely N-dealkylation sites (tertiary alicyclic amines) is 1. The molecule has 2 N–H and O–H groups in total. The van der Waals surface area contributed by atoms with E-state index in [0.29, 0.717) is 6.42 Å². The van der Waals surface area contributed by atoms with Crippen LogP contribution in [0.5, 0.6) is 0 Å². The summed E-state index contributed by atoms with van der Waals surface area (Å²) in [6.45, 7) is 1.49. The third kappa shape index (κ3) is 2.82. The molecule has 2 aliphatic rings. The van der Waals surface area contributed by atoms with Crippen LogP contribution in [-0.4, -0.2) is 59.1 Å². The Morgan fingerprint density at radius 1 is 1.50 bits per heavy atom. The largest absolute Gasteiger partial charge is 0.480 e. The van der Waals surface area contributed by atoms with E-state index in [4.69, 9.17) is 9.84 Å². The number of carboxylic acid groups (broad SMARTS) is 1. The number of carbonyl (C=O) groups is 3. The van der Waals surface area contributed by atoms with Crippen LogP contribution in [0.15, 0.2) is 24.3 Å². The first-order valence-electron chi connectivity index (χ1n) is 7.10. The van der Waals surface area contributed by atoms with Gasteiger partial charge in [-0.05, 0) is 19.4 Å². The normalized spacial score (nSPS) is 30.8. The summed E-state index contributed by atoms with van der Waals surface area (Å²) in [6, 6.07) is -1.29. The number of aliphatic carboxylic acids is 1. The molecule has 22 heavy (non-hydrogen) atoms. The first-order chi connectivity index (χ1) is 10.4. The third-order valence-corrected chi connectivity index (χ3v) is 4.20. The molecule has 1 aliphatic heterocycles. The number of nitrogens with one attached hydrogen (secondary N) is 1. The first kappa shape index (κ1) is 16.4. The summed E-state index contributed by atoms with van der Waals surface area (Å²) >= 11 is 0. The van der Waals surface area contributed by atoms with E-state index < -0.39 is 23.7 Å². The number of carbonyl (C=O) groups excluding carboxylic acids is 2. The molecule has 0 spiro atoms. The molecule has 0 saturated carbocycles. The van der Waals surface area contributed by atoms with Gasteiger partial charge < -0.3 is 14.7 Å². The summed E-state index contributed by atoms with van der Waals surface area (Å²) in [4.78, 5) is 36.3. The van der Waals surface area contributed by atoms with Crippen LogP contribution in [0.2, 0.25) is 0 Å². The van der Waals surface area contributed by atoms with Crippen molar-refractivity contribution in [1.82, 2.24) is 10.2 Å². The molecular weight excluding hydrogens is 288 g/mol. The lowest BCUT2D eigenvalue weighted by Gasteiger charge is -2.37. The lowest BCUT2D eigenvalue weighted by atomic mass is 9.86. The molecule has 7 nitrogen and oxygen atoms in total. The molecule has 1 aliphatic carbocycles. The Balaban J connectivity index is 2.11. The minimum Gasteiger partial charge on any atom is -0.480 e. The Morgan fingerprint density at radius 3 is 2.82 bits per heavy atom. The molecule has 0 aromatic heterocycles. The zero-order chi connectivity index (χ0) is 16.3. The van der Waals surface area contributed by atoms with Crippen LogP contribution in [0.4, 0.5) is 0 Å². The van der Waals surface area contributed by atoms with Crippen molar-refractivity contribution in [3.8, 4) is 0 Å². The van der Waals surface area contributed by atoms with Gasteiger partial charge in [-0.25, -0.2) is 4.79 Å². The fraction of sp³-hybridized carbons (Fsp3) is 0.533. The maximum absolute atomic E-state index is 12.0. The zero-order valence-corrected chi connectivity index (χ0v) is 12.6. The van der Waals surface area contributed by atoms with E-state index in [-0.39, 0.29) is 24.8 Å². The van der Waals surface area contributed by atoms with E-state index in [2.05, 4.69) is 5.32 Å². The minimum absolute atomic E-state index is 0.0526. The number of allylic oxidation sites excluding steroid dienone is 2. The van der Waals surface area contributed by atoms with Crippen molar-refractivity contribution >= 4 is 17.7 Å². The van der Waals surface area contributed by atoms with E-state index >= 15 is 0 Å². The number of amides is 1. The van der Waals surface area contributed by atoms with E-state index in [0.717, 1.165) is 0 Å². The van der Waals surface area contributed by atoms with Gasteiger partial charge in [0.05, 0.1) is 12.7 Å². The van der Waals surface area contributed by atoms with Gasteiger partial charge in [0.25, 0.3) is 0 Å². The van der Waals surface area contributed by atoms with Crippen molar-refractivity contribution in [2.45, 2.75) is 37.5 Å². The van der Waals surface area contributed by atoms with E-state index in [1.807, 2.05) is 0 Å². The van der Waals surface area contributed by atoms with E-state index in [1.165, 1.54) is 18.9 Å². The number of hydrogen-bond acceptors (Lipinski definition) is 5. The van der Waals surface area contributed by atoms with Crippen molar-refractivity contribution in [1.29, 1.82) is 0 Å². The smallest absolute Gasteiger partial charge is 0.326 e. The summed E-state index contributed by atoms with van der Waals surface area (Å²) in [5.74, 6) is -1.40. The average Bonchev–Trinajstić information content (AvgIpc) is 2.86.